The highest BCUT2D eigenvalue weighted by molar-refractivity contribution is 6.06. The van der Waals surface area contributed by atoms with Crippen LogP contribution in [0.3, 0.4) is 0 Å². The number of halogens is 1. The highest BCUT2D eigenvalue weighted by atomic mass is 19.1. The van der Waals surface area contributed by atoms with Crippen LogP contribution in [0.25, 0.3) is 0 Å². The molecule has 1 saturated heterocycles. The van der Waals surface area contributed by atoms with Gasteiger partial charge in [0.15, 0.2) is 0 Å². The van der Waals surface area contributed by atoms with E-state index >= 15 is 0 Å². The summed E-state index contributed by atoms with van der Waals surface area (Å²) in [6, 6.07) is 5.61. The Labute approximate surface area is 144 Å². The molecule has 4 unspecified atom stereocenters. The van der Waals surface area contributed by atoms with Gasteiger partial charge in [-0.1, -0.05) is 18.2 Å². The van der Waals surface area contributed by atoms with E-state index in [2.05, 4.69) is 17.5 Å². The van der Waals surface area contributed by atoms with Crippen LogP contribution < -0.4 is 5.32 Å². The van der Waals surface area contributed by atoms with Crippen LogP contribution >= 0.6 is 0 Å². The topological polar surface area (TPSA) is 66.5 Å². The van der Waals surface area contributed by atoms with E-state index in [1.807, 2.05) is 0 Å². The first-order chi connectivity index (χ1) is 12.0. The maximum atomic E-state index is 13.1. The number of fused-ring (bicyclic) bond motifs is 1. The number of nitrogens with one attached hydrogen (secondary N) is 1. The molecule has 6 heteroatoms. The van der Waals surface area contributed by atoms with Crippen LogP contribution in [-0.2, 0) is 14.4 Å². The van der Waals surface area contributed by atoms with Crippen molar-refractivity contribution in [3.05, 3.63) is 42.2 Å². The predicted molar refractivity (Wildman–Crippen MR) is 88.7 cm³/mol. The quantitative estimate of drug-likeness (QED) is 0.675. The highest BCUT2D eigenvalue weighted by Gasteiger charge is 2.56. The second-order valence-corrected chi connectivity index (χ2v) is 6.98. The van der Waals surface area contributed by atoms with Gasteiger partial charge in [-0.3, -0.25) is 19.3 Å². The molecule has 5 nitrogen and oxygen atoms in total. The van der Waals surface area contributed by atoms with Gasteiger partial charge < -0.3 is 5.32 Å². The molecule has 2 fully saturated rings. The average molecular weight is 342 g/mol. The Morgan fingerprint density at radius 3 is 2.32 bits per heavy atom. The lowest BCUT2D eigenvalue weighted by Crippen LogP contribution is -2.38. The molecule has 3 amide bonds. The standard InChI is InChI=1S/C19H19FN2O3/c20-13-2-1-3-14(10-13)21-15(23)8-9-22-18(24)16-11-4-5-12(7-6-11)17(16)19(22)25/h1-5,10-12,16-17H,6-9H2,(H,21,23). The monoisotopic (exact) mass is 342 g/mol. The molecule has 1 N–H and O–H groups in total. The predicted octanol–water partition coefficient (Wildman–Crippen LogP) is 2.35. The number of likely N-dealkylation sites (tertiary alicyclic amines) is 1. The molecule has 1 aromatic carbocycles. The molecule has 4 aliphatic rings. The minimum Gasteiger partial charge on any atom is -0.326 e. The summed E-state index contributed by atoms with van der Waals surface area (Å²) in [5.74, 6) is -1.27. The van der Waals surface area contributed by atoms with Gasteiger partial charge in [-0.05, 0) is 42.9 Å². The van der Waals surface area contributed by atoms with E-state index in [0.717, 1.165) is 12.8 Å². The zero-order valence-electron chi connectivity index (χ0n) is 13.7. The van der Waals surface area contributed by atoms with Crippen molar-refractivity contribution in [3.63, 3.8) is 0 Å². The lowest BCUT2D eigenvalue weighted by molar-refractivity contribution is -0.140. The summed E-state index contributed by atoms with van der Waals surface area (Å²) in [7, 11) is 0. The number of anilines is 1. The van der Waals surface area contributed by atoms with E-state index in [4.69, 9.17) is 0 Å². The number of nitrogens with zero attached hydrogens (tertiary/aromatic N) is 1. The van der Waals surface area contributed by atoms with Crippen LogP contribution in [0.5, 0.6) is 0 Å². The van der Waals surface area contributed by atoms with Gasteiger partial charge in [-0.2, -0.15) is 0 Å². The Kier molecular flexibility index (Phi) is 3.90. The van der Waals surface area contributed by atoms with Crippen molar-refractivity contribution in [2.45, 2.75) is 19.3 Å². The van der Waals surface area contributed by atoms with Gasteiger partial charge in [0, 0.05) is 18.7 Å². The van der Waals surface area contributed by atoms with E-state index in [0.29, 0.717) is 5.69 Å². The van der Waals surface area contributed by atoms with Crippen LogP contribution in [-0.4, -0.2) is 29.2 Å². The molecule has 0 radical (unpaired) electrons. The van der Waals surface area contributed by atoms with Crippen LogP contribution in [0.4, 0.5) is 10.1 Å². The minimum atomic E-state index is -0.435. The fourth-order valence-electron chi connectivity index (χ4n) is 4.36. The smallest absolute Gasteiger partial charge is 0.233 e. The van der Waals surface area contributed by atoms with Crippen molar-refractivity contribution in [2.24, 2.45) is 23.7 Å². The van der Waals surface area contributed by atoms with Crippen molar-refractivity contribution in [2.75, 3.05) is 11.9 Å². The third kappa shape index (κ3) is 2.75. The van der Waals surface area contributed by atoms with E-state index < -0.39 is 5.82 Å². The highest BCUT2D eigenvalue weighted by Crippen LogP contribution is 2.49. The number of rotatable bonds is 4. The number of amides is 3. The number of imide groups is 1. The molecule has 0 aromatic heterocycles. The molecule has 1 aliphatic heterocycles. The molecule has 2 bridgehead atoms. The fraction of sp³-hybridized carbons (Fsp3) is 0.421. The molecule has 5 rings (SSSR count). The Balaban J connectivity index is 1.39. The zero-order chi connectivity index (χ0) is 17.6. The summed E-state index contributed by atoms with van der Waals surface area (Å²) in [5, 5.41) is 2.59. The summed E-state index contributed by atoms with van der Waals surface area (Å²) in [6.45, 7) is 0.0747. The molecule has 0 spiro atoms. The largest absolute Gasteiger partial charge is 0.326 e. The van der Waals surface area contributed by atoms with Crippen LogP contribution in [0.2, 0.25) is 0 Å². The van der Waals surface area contributed by atoms with E-state index in [1.165, 1.54) is 23.1 Å². The summed E-state index contributed by atoms with van der Waals surface area (Å²) >= 11 is 0. The molecular formula is C19H19FN2O3. The van der Waals surface area contributed by atoms with Crippen LogP contribution in [0.1, 0.15) is 19.3 Å². The molecule has 25 heavy (non-hydrogen) atoms. The first-order valence-electron chi connectivity index (χ1n) is 8.63. The maximum Gasteiger partial charge on any atom is 0.233 e. The number of benzene rings is 1. The molecule has 130 valence electrons. The number of hydrogen-bond donors (Lipinski definition) is 1. The van der Waals surface area contributed by atoms with Gasteiger partial charge in [0.1, 0.15) is 5.82 Å². The normalized spacial score (nSPS) is 29.9. The van der Waals surface area contributed by atoms with Crippen LogP contribution in [0, 0.1) is 29.5 Å². The van der Waals surface area contributed by atoms with Crippen molar-refractivity contribution >= 4 is 23.4 Å². The van der Waals surface area contributed by atoms with Gasteiger partial charge in [0.25, 0.3) is 0 Å². The summed E-state index contributed by atoms with van der Waals surface area (Å²) in [5.41, 5.74) is 0.361. The van der Waals surface area contributed by atoms with Crippen molar-refractivity contribution in [3.8, 4) is 0 Å². The molecule has 1 aromatic rings. The van der Waals surface area contributed by atoms with Crippen molar-refractivity contribution in [1.82, 2.24) is 4.90 Å². The molecule has 4 atom stereocenters. The first-order valence-corrected chi connectivity index (χ1v) is 8.63. The molecule has 1 heterocycles. The molecule has 3 aliphatic carbocycles. The number of carbonyl (C=O) groups is 3. The van der Waals surface area contributed by atoms with Gasteiger partial charge >= 0.3 is 0 Å². The van der Waals surface area contributed by atoms with Gasteiger partial charge in [0.2, 0.25) is 17.7 Å². The number of hydrogen-bond acceptors (Lipinski definition) is 3. The van der Waals surface area contributed by atoms with Crippen LogP contribution in [0.15, 0.2) is 36.4 Å². The Hall–Kier alpha value is -2.50. The minimum absolute atomic E-state index is 0.0101. The van der Waals surface area contributed by atoms with E-state index in [1.54, 1.807) is 6.07 Å². The lowest BCUT2D eigenvalue weighted by Gasteiger charge is -2.38. The van der Waals surface area contributed by atoms with E-state index in [-0.39, 0.29) is 54.4 Å². The third-order valence-corrected chi connectivity index (χ3v) is 5.52. The zero-order valence-corrected chi connectivity index (χ0v) is 13.7. The van der Waals surface area contributed by atoms with Gasteiger partial charge in [-0.25, -0.2) is 4.39 Å². The Morgan fingerprint density at radius 2 is 1.76 bits per heavy atom. The summed E-state index contributed by atoms with van der Waals surface area (Å²) < 4.78 is 13.1. The molecule has 1 saturated carbocycles. The van der Waals surface area contributed by atoms with Crippen molar-refractivity contribution in [1.29, 1.82) is 0 Å². The summed E-state index contributed by atoms with van der Waals surface area (Å²) in [6.07, 6.45) is 6.06. The Bertz CT molecular complexity index is 744. The average Bonchev–Trinajstić information content (AvgIpc) is 2.87. The Morgan fingerprint density at radius 1 is 1.12 bits per heavy atom. The van der Waals surface area contributed by atoms with Gasteiger partial charge in [-0.15, -0.1) is 0 Å². The second-order valence-electron chi connectivity index (χ2n) is 6.98. The summed E-state index contributed by atoms with van der Waals surface area (Å²) in [4.78, 5) is 38.6. The molecular weight excluding hydrogens is 323 g/mol. The number of allylic oxidation sites excluding steroid dienone is 2. The first kappa shape index (κ1) is 16.0. The fourth-order valence-corrected chi connectivity index (χ4v) is 4.36. The second kappa shape index (κ2) is 6.10. The number of carbonyl (C=O) groups excluding carboxylic acids is 3. The maximum absolute atomic E-state index is 13.1. The van der Waals surface area contributed by atoms with Crippen molar-refractivity contribution < 1.29 is 18.8 Å². The SMILES string of the molecule is O=C(CCN1C(=O)C2C3C=CC(CC3)C2C1=O)Nc1cccc(F)c1. The van der Waals surface area contributed by atoms with E-state index in [9.17, 15) is 18.8 Å². The van der Waals surface area contributed by atoms with Gasteiger partial charge in [0.05, 0.1) is 11.8 Å². The third-order valence-electron chi connectivity index (χ3n) is 5.52. The lowest BCUT2D eigenvalue weighted by atomic mass is 9.63.